The van der Waals surface area contributed by atoms with E-state index in [2.05, 4.69) is 10.1 Å². The lowest BCUT2D eigenvalue weighted by Crippen LogP contribution is -2.18. The van der Waals surface area contributed by atoms with Crippen LogP contribution in [0, 0.1) is 0 Å². The first-order valence-corrected chi connectivity index (χ1v) is 4.28. The van der Waals surface area contributed by atoms with Crippen LogP contribution in [0.4, 0.5) is 4.39 Å². The quantitative estimate of drug-likeness (QED) is 0.759. The fourth-order valence-electron chi connectivity index (χ4n) is 1.00. The maximum absolute atomic E-state index is 13.1. The summed E-state index contributed by atoms with van der Waals surface area (Å²) in [6.07, 6.45) is 1.86. The van der Waals surface area contributed by atoms with E-state index in [1.165, 1.54) is 6.33 Å². The molecule has 0 saturated heterocycles. The van der Waals surface area contributed by atoms with Gasteiger partial charge >= 0.3 is 0 Å². The predicted octanol–water partition coefficient (Wildman–Crippen LogP) is 0.875. The number of nitrogens with two attached hydrogens (primary N) is 1. The van der Waals surface area contributed by atoms with E-state index in [1.807, 2.05) is 0 Å². The highest BCUT2D eigenvalue weighted by molar-refractivity contribution is 4.83. The largest absolute Gasteiger partial charge is 0.324 e. The fraction of sp³-hybridized carbons (Fsp3) is 0.750. The Morgan fingerprint density at radius 1 is 1.62 bits per heavy atom. The van der Waals surface area contributed by atoms with Gasteiger partial charge in [0.2, 0.25) is 0 Å². The van der Waals surface area contributed by atoms with Gasteiger partial charge in [0, 0.05) is 13.0 Å². The van der Waals surface area contributed by atoms with Gasteiger partial charge in [0.05, 0.1) is 6.54 Å². The summed E-state index contributed by atoms with van der Waals surface area (Å²) in [4.78, 5) is 3.94. The summed E-state index contributed by atoms with van der Waals surface area (Å²) in [6.45, 7) is 3.96. The van der Waals surface area contributed by atoms with Crippen LogP contribution in [-0.4, -0.2) is 20.4 Å². The van der Waals surface area contributed by atoms with Crippen LogP contribution < -0.4 is 5.73 Å². The van der Waals surface area contributed by atoms with Gasteiger partial charge in [0.15, 0.2) is 0 Å². The molecule has 0 aromatic carbocycles. The molecule has 1 heterocycles. The lowest BCUT2D eigenvalue weighted by molar-refractivity contribution is 0.189. The monoisotopic (exact) mass is 186 g/mol. The Morgan fingerprint density at radius 3 is 2.85 bits per heavy atom. The SMILES string of the molecule is CC(C)(F)CCn1ncnc1CN. The van der Waals surface area contributed by atoms with Gasteiger partial charge in [0.25, 0.3) is 0 Å². The zero-order valence-electron chi connectivity index (χ0n) is 8.00. The molecule has 0 amide bonds. The highest BCUT2D eigenvalue weighted by Crippen LogP contribution is 2.14. The van der Waals surface area contributed by atoms with Gasteiger partial charge in [-0.15, -0.1) is 0 Å². The molecule has 1 rings (SSSR count). The first kappa shape index (κ1) is 10.1. The van der Waals surface area contributed by atoms with Crippen molar-refractivity contribution in [1.29, 1.82) is 0 Å². The van der Waals surface area contributed by atoms with Crippen LogP contribution in [-0.2, 0) is 13.1 Å². The van der Waals surface area contributed by atoms with E-state index in [-0.39, 0.29) is 0 Å². The smallest absolute Gasteiger partial charge is 0.140 e. The first-order chi connectivity index (χ1) is 6.03. The summed E-state index contributed by atoms with van der Waals surface area (Å²) in [5, 5.41) is 3.95. The van der Waals surface area contributed by atoms with Crippen molar-refractivity contribution in [3.8, 4) is 0 Å². The Kier molecular flexibility index (Phi) is 2.98. The first-order valence-electron chi connectivity index (χ1n) is 4.28. The Hall–Kier alpha value is -0.970. The van der Waals surface area contributed by atoms with Crippen LogP contribution in [0.15, 0.2) is 6.33 Å². The molecule has 0 aliphatic rings. The molecule has 5 heteroatoms. The normalized spacial score (nSPS) is 12.0. The average Bonchev–Trinajstić information content (AvgIpc) is 2.46. The third-order valence-electron chi connectivity index (χ3n) is 1.80. The highest BCUT2D eigenvalue weighted by atomic mass is 19.1. The van der Waals surface area contributed by atoms with Crippen LogP contribution in [0.25, 0.3) is 0 Å². The Labute approximate surface area is 77.0 Å². The summed E-state index contributed by atoms with van der Waals surface area (Å²) >= 11 is 0. The lowest BCUT2D eigenvalue weighted by atomic mass is 10.1. The number of hydrogen-bond acceptors (Lipinski definition) is 3. The molecule has 0 spiro atoms. The second-order valence-electron chi connectivity index (χ2n) is 3.57. The zero-order chi connectivity index (χ0) is 9.90. The van der Waals surface area contributed by atoms with Crippen molar-refractivity contribution in [2.24, 2.45) is 5.73 Å². The maximum Gasteiger partial charge on any atom is 0.140 e. The maximum atomic E-state index is 13.1. The molecule has 0 unspecified atom stereocenters. The van der Waals surface area contributed by atoms with Gasteiger partial charge in [-0.2, -0.15) is 5.10 Å². The van der Waals surface area contributed by atoms with Crippen molar-refractivity contribution < 1.29 is 4.39 Å². The Bertz CT molecular complexity index is 263. The van der Waals surface area contributed by atoms with Gasteiger partial charge in [-0.05, 0) is 13.8 Å². The summed E-state index contributed by atoms with van der Waals surface area (Å²) in [7, 11) is 0. The van der Waals surface area contributed by atoms with Crippen molar-refractivity contribution in [1.82, 2.24) is 14.8 Å². The van der Waals surface area contributed by atoms with Gasteiger partial charge in [-0.1, -0.05) is 0 Å². The highest BCUT2D eigenvalue weighted by Gasteiger charge is 2.16. The van der Waals surface area contributed by atoms with E-state index in [0.717, 1.165) is 0 Å². The third-order valence-corrected chi connectivity index (χ3v) is 1.80. The van der Waals surface area contributed by atoms with Crippen LogP contribution >= 0.6 is 0 Å². The van der Waals surface area contributed by atoms with E-state index < -0.39 is 5.67 Å². The van der Waals surface area contributed by atoms with Gasteiger partial charge < -0.3 is 5.73 Å². The van der Waals surface area contributed by atoms with Gasteiger partial charge in [0.1, 0.15) is 17.8 Å². The van der Waals surface area contributed by atoms with Crippen LogP contribution in [0.3, 0.4) is 0 Å². The zero-order valence-corrected chi connectivity index (χ0v) is 8.00. The van der Waals surface area contributed by atoms with Gasteiger partial charge in [-0.25, -0.2) is 14.1 Å². The van der Waals surface area contributed by atoms with E-state index in [9.17, 15) is 4.39 Å². The number of rotatable bonds is 4. The molecule has 1 aromatic rings. The average molecular weight is 186 g/mol. The number of aromatic nitrogens is 3. The summed E-state index contributed by atoms with van der Waals surface area (Å²) in [5.74, 6) is 0.698. The van der Waals surface area contributed by atoms with Crippen molar-refractivity contribution in [2.75, 3.05) is 0 Å². The predicted molar refractivity (Wildman–Crippen MR) is 47.7 cm³/mol. The van der Waals surface area contributed by atoms with Crippen LogP contribution in [0.2, 0.25) is 0 Å². The number of nitrogens with zero attached hydrogens (tertiary/aromatic N) is 3. The molecule has 0 saturated carbocycles. The van der Waals surface area contributed by atoms with Crippen molar-refractivity contribution in [3.05, 3.63) is 12.2 Å². The molecule has 2 N–H and O–H groups in total. The number of halogens is 1. The summed E-state index contributed by atoms with van der Waals surface area (Å²) < 4.78 is 14.8. The minimum atomic E-state index is -1.17. The number of aryl methyl sites for hydroxylation is 1. The molecule has 0 aliphatic carbocycles. The van der Waals surface area contributed by atoms with Crippen molar-refractivity contribution >= 4 is 0 Å². The lowest BCUT2D eigenvalue weighted by Gasteiger charge is -2.13. The molecule has 13 heavy (non-hydrogen) atoms. The Balaban J connectivity index is 2.54. The number of alkyl halides is 1. The molecule has 0 aliphatic heterocycles. The van der Waals surface area contributed by atoms with E-state index >= 15 is 0 Å². The second-order valence-corrected chi connectivity index (χ2v) is 3.57. The Morgan fingerprint density at radius 2 is 2.31 bits per heavy atom. The van der Waals surface area contributed by atoms with Gasteiger partial charge in [-0.3, -0.25) is 0 Å². The third kappa shape index (κ3) is 3.10. The standard InChI is InChI=1S/C8H15FN4/c1-8(2,9)3-4-13-7(5-10)11-6-12-13/h6H,3-5,10H2,1-2H3. The van der Waals surface area contributed by atoms with Crippen molar-refractivity contribution in [3.63, 3.8) is 0 Å². The minimum absolute atomic E-state index is 0.340. The second kappa shape index (κ2) is 3.83. The molecule has 0 radical (unpaired) electrons. The topological polar surface area (TPSA) is 56.7 Å². The molecule has 0 fully saturated rings. The molecule has 0 atom stereocenters. The molecule has 1 aromatic heterocycles. The van der Waals surface area contributed by atoms with E-state index in [1.54, 1.807) is 18.5 Å². The molecular weight excluding hydrogens is 171 g/mol. The molecule has 0 bridgehead atoms. The van der Waals surface area contributed by atoms with Crippen LogP contribution in [0.1, 0.15) is 26.1 Å². The summed E-state index contributed by atoms with van der Waals surface area (Å²) in [6, 6.07) is 0. The molecule has 74 valence electrons. The van der Waals surface area contributed by atoms with Crippen molar-refractivity contribution in [2.45, 2.75) is 39.0 Å². The fourth-order valence-corrected chi connectivity index (χ4v) is 1.00. The number of hydrogen-bond donors (Lipinski definition) is 1. The molecule has 4 nitrogen and oxygen atoms in total. The summed E-state index contributed by atoms with van der Waals surface area (Å²) in [5.41, 5.74) is 4.25. The van der Waals surface area contributed by atoms with E-state index in [4.69, 9.17) is 5.73 Å². The van der Waals surface area contributed by atoms with Crippen LogP contribution in [0.5, 0.6) is 0 Å². The molecular formula is C8H15FN4. The van der Waals surface area contributed by atoms with E-state index in [0.29, 0.717) is 25.3 Å². The minimum Gasteiger partial charge on any atom is -0.324 e.